The molecule has 10 heteroatoms. The van der Waals surface area contributed by atoms with Crippen LogP contribution < -0.4 is 14.9 Å². The van der Waals surface area contributed by atoms with Crippen molar-refractivity contribution in [3.63, 3.8) is 0 Å². The van der Waals surface area contributed by atoms with Crippen LogP contribution in [0.1, 0.15) is 28.4 Å². The topological polar surface area (TPSA) is 129 Å². The molecule has 0 bridgehead atoms. The first-order valence-corrected chi connectivity index (χ1v) is 13.2. The van der Waals surface area contributed by atoms with Crippen LogP contribution in [0.3, 0.4) is 0 Å². The number of carbonyl (C=O) groups is 2. The summed E-state index contributed by atoms with van der Waals surface area (Å²) in [6, 6.07) is 22.6. The molecule has 1 aliphatic heterocycles. The third kappa shape index (κ3) is 5.47. The molecule has 0 radical (unpaired) electrons. The van der Waals surface area contributed by atoms with E-state index in [0.29, 0.717) is 39.5 Å². The molecule has 0 aliphatic carbocycles. The highest BCUT2D eigenvalue weighted by molar-refractivity contribution is 7.92. The van der Waals surface area contributed by atoms with Gasteiger partial charge < -0.3 is 15.4 Å². The third-order valence-corrected chi connectivity index (χ3v) is 6.77. The highest BCUT2D eigenvalue weighted by Gasteiger charge is 2.29. The van der Waals surface area contributed by atoms with E-state index in [4.69, 9.17) is 10.00 Å². The molecule has 3 aromatic rings. The van der Waals surface area contributed by atoms with E-state index >= 15 is 0 Å². The first-order valence-electron chi connectivity index (χ1n) is 11.4. The van der Waals surface area contributed by atoms with Gasteiger partial charge in [-0.15, -0.1) is 0 Å². The lowest BCUT2D eigenvalue weighted by molar-refractivity contribution is -0.110. The fourth-order valence-corrected chi connectivity index (χ4v) is 4.76. The van der Waals surface area contributed by atoms with Crippen molar-refractivity contribution >= 4 is 50.2 Å². The third-order valence-electron chi connectivity index (χ3n) is 5.63. The molecule has 0 fully saturated rings. The molecule has 0 atom stereocenters. The van der Waals surface area contributed by atoms with Gasteiger partial charge in [-0.05, 0) is 48.9 Å². The largest absolute Gasteiger partial charge is 0.462 e. The van der Waals surface area contributed by atoms with Gasteiger partial charge in [0, 0.05) is 11.3 Å². The number of anilines is 3. The minimum atomic E-state index is -3.63. The molecule has 4 rings (SSSR count). The van der Waals surface area contributed by atoms with Gasteiger partial charge in [-0.2, -0.15) is 5.26 Å². The fourth-order valence-electron chi connectivity index (χ4n) is 3.97. The second kappa shape index (κ2) is 10.6. The maximum Gasteiger partial charge on any atom is 0.338 e. The number of esters is 1. The fraction of sp³-hybridized carbons (Fsp3) is 0.148. The van der Waals surface area contributed by atoms with E-state index in [1.54, 1.807) is 49.4 Å². The number of nitriles is 1. The molecule has 9 nitrogen and oxygen atoms in total. The molecular formula is C27H24N4O5S. The molecule has 0 unspecified atom stereocenters. The predicted octanol–water partition coefficient (Wildman–Crippen LogP) is 4.09. The van der Waals surface area contributed by atoms with Crippen molar-refractivity contribution in [2.75, 3.05) is 34.3 Å². The van der Waals surface area contributed by atoms with Crippen molar-refractivity contribution in [2.24, 2.45) is 0 Å². The van der Waals surface area contributed by atoms with Crippen molar-refractivity contribution in [3.05, 3.63) is 89.5 Å². The Hall–Kier alpha value is -4.62. The normalized spacial score (nSPS) is 13.7. The van der Waals surface area contributed by atoms with Gasteiger partial charge in [0.1, 0.15) is 6.54 Å². The SMILES string of the molecule is CCOC(=O)c1ccc2c(c1)NC(=O)/C2=C(\Nc1ccc(N(CC#N)S(C)(=O)=O)cc1)c1ccccc1. The van der Waals surface area contributed by atoms with Crippen molar-refractivity contribution in [3.8, 4) is 6.07 Å². The quantitative estimate of drug-likeness (QED) is 0.262. The second-order valence-corrected chi connectivity index (χ2v) is 10.1. The molecule has 188 valence electrons. The second-order valence-electron chi connectivity index (χ2n) is 8.15. The van der Waals surface area contributed by atoms with Gasteiger partial charge in [-0.1, -0.05) is 36.4 Å². The lowest BCUT2D eigenvalue weighted by Crippen LogP contribution is -2.30. The molecule has 1 amide bonds. The number of amides is 1. The lowest BCUT2D eigenvalue weighted by Gasteiger charge is -2.20. The number of sulfonamides is 1. The van der Waals surface area contributed by atoms with Crippen LogP contribution in [-0.4, -0.2) is 39.7 Å². The number of fused-ring (bicyclic) bond motifs is 1. The Morgan fingerprint density at radius 1 is 1.05 bits per heavy atom. The molecule has 0 aromatic heterocycles. The lowest BCUT2D eigenvalue weighted by atomic mass is 9.99. The average Bonchev–Trinajstić information content (AvgIpc) is 3.21. The van der Waals surface area contributed by atoms with E-state index in [9.17, 15) is 18.0 Å². The zero-order chi connectivity index (χ0) is 26.6. The Morgan fingerprint density at radius 3 is 2.38 bits per heavy atom. The smallest absolute Gasteiger partial charge is 0.338 e. The molecule has 1 heterocycles. The Labute approximate surface area is 215 Å². The van der Waals surface area contributed by atoms with Crippen LogP contribution in [0.25, 0.3) is 11.3 Å². The maximum atomic E-state index is 13.1. The maximum absolute atomic E-state index is 13.1. The number of hydrogen-bond donors (Lipinski definition) is 2. The first kappa shape index (κ1) is 25.5. The van der Waals surface area contributed by atoms with Gasteiger partial charge in [-0.25, -0.2) is 13.2 Å². The summed E-state index contributed by atoms with van der Waals surface area (Å²) in [5.74, 6) is -0.811. The molecule has 1 aliphatic rings. The molecule has 2 N–H and O–H groups in total. The van der Waals surface area contributed by atoms with Gasteiger partial charge in [0.05, 0.1) is 47.1 Å². The zero-order valence-electron chi connectivity index (χ0n) is 20.2. The van der Waals surface area contributed by atoms with Gasteiger partial charge in [-0.3, -0.25) is 9.10 Å². The van der Waals surface area contributed by atoms with E-state index in [1.165, 1.54) is 0 Å². The summed E-state index contributed by atoms with van der Waals surface area (Å²) in [5, 5.41) is 15.1. The van der Waals surface area contributed by atoms with Crippen LogP contribution in [0.4, 0.5) is 17.1 Å². The van der Waals surface area contributed by atoms with Gasteiger partial charge in [0.15, 0.2) is 0 Å². The Balaban J connectivity index is 1.76. The molecule has 0 saturated heterocycles. The van der Waals surface area contributed by atoms with E-state index in [0.717, 1.165) is 16.1 Å². The highest BCUT2D eigenvalue weighted by Crippen LogP contribution is 2.38. The van der Waals surface area contributed by atoms with Gasteiger partial charge in [0.2, 0.25) is 10.0 Å². The minimum absolute atomic E-state index is 0.243. The summed E-state index contributed by atoms with van der Waals surface area (Å²) in [5.41, 5.74) is 4.08. The van der Waals surface area contributed by atoms with Crippen molar-refractivity contribution in [1.82, 2.24) is 0 Å². The van der Waals surface area contributed by atoms with Crippen LogP contribution >= 0.6 is 0 Å². The van der Waals surface area contributed by atoms with E-state index < -0.39 is 16.0 Å². The highest BCUT2D eigenvalue weighted by atomic mass is 32.2. The Morgan fingerprint density at radius 2 is 1.76 bits per heavy atom. The van der Waals surface area contributed by atoms with E-state index in [2.05, 4.69) is 10.6 Å². The molecule has 0 saturated carbocycles. The van der Waals surface area contributed by atoms with Crippen LogP contribution in [0.5, 0.6) is 0 Å². The van der Waals surface area contributed by atoms with Gasteiger partial charge in [0.25, 0.3) is 5.91 Å². The number of ether oxygens (including phenoxy) is 1. The summed E-state index contributed by atoms with van der Waals surface area (Å²) in [6.07, 6.45) is 1.04. The number of hydrogen-bond acceptors (Lipinski definition) is 7. The predicted molar refractivity (Wildman–Crippen MR) is 142 cm³/mol. The molecular weight excluding hydrogens is 492 g/mol. The summed E-state index contributed by atoms with van der Waals surface area (Å²) < 4.78 is 30.2. The zero-order valence-corrected chi connectivity index (χ0v) is 21.0. The average molecular weight is 517 g/mol. The summed E-state index contributed by atoms with van der Waals surface area (Å²) in [6.45, 7) is 1.66. The summed E-state index contributed by atoms with van der Waals surface area (Å²) >= 11 is 0. The number of rotatable bonds is 8. The molecule has 37 heavy (non-hydrogen) atoms. The minimum Gasteiger partial charge on any atom is -0.462 e. The van der Waals surface area contributed by atoms with Crippen LogP contribution in [-0.2, 0) is 19.6 Å². The van der Waals surface area contributed by atoms with Crippen molar-refractivity contribution in [2.45, 2.75) is 6.92 Å². The number of benzene rings is 3. The summed E-state index contributed by atoms with van der Waals surface area (Å²) in [7, 11) is -3.63. The van der Waals surface area contributed by atoms with E-state index in [-0.39, 0.29) is 19.1 Å². The number of nitrogens with one attached hydrogen (secondary N) is 2. The standard InChI is InChI=1S/C27H24N4O5S/c1-3-36-27(33)19-9-14-22-23(17-19)30-26(32)24(22)25(18-7-5-4-6-8-18)29-20-10-12-21(13-11-20)31(16-15-28)37(2,34)35/h4-14,17,29H,3,16H2,1-2H3,(H,30,32)/b25-24-. The van der Waals surface area contributed by atoms with Crippen LogP contribution in [0.2, 0.25) is 0 Å². The number of nitrogens with zero attached hydrogens (tertiary/aromatic N) is 2. The van der Waals surface area contributed by atoms with Crippen LogP contribution in [0.15, 0.2) is 72.8 Å². The monoisotopic (exact) mass is 516 g/mol. The number of carbonyl (C=O) groups excluding carboxylic acids is 2. The summed E-state index contributed by atoms with van der Waals surface area (Å²) in [4.78, 5) is 25.3. The van der Waals surface area contributed by atoms with Crippen molar-refractivity contribution in [1.29, 1.82) is 5.26 Å². The molecule has 3 aromatic carbocycles. The molecule has 0 spiro atoms. The van der Waals surface area contributed by atoms with Crippen LogP contribution in [0, 0.1) is 11.3 Å². The van der Waals surface area contributed by atoms with E-state index in [1.807, 2.05) is 36.4 Å². The Kier molecular flexibility index (Phi) is 7.27. The first-order chi connectivity index (χ1) is 17.7. The van der Waals surface area contributed by atoms with Crippen molar-refractivity contribution < 1.29 is 22.7 Å². The van der Waals surface area contributed by atoms with Gasteiger partial charge >= 0.3 is 5.97 Å². The Bertz CT molecular complexity index is 1530.